The molecule has 4 aromatic rings. The van der Waals surface area contributed by atoms with E-state index in [2.05, 4.69) is 13.0 Å². The van der Waals surface area contributed by atoms with Gasteiger partial charge >= 0.3 is 0 Å². The molecule has 0 unspecified atom stereocenters. The van der Waals surface area contributed by atoms with Gasteiger partial charge in [-0.1, -0.05) is 48.6 Å². The van der Waals surface area contributed by atoms with Crippen LogP contribution >= 0.6 is 11.3 Å². The lowest BCUT2D eigenvalue weighted by Crippen LogP contribution is -2.30. The monoisotopic (exact) mass is 362 g/mol. The average Bonchev–Trinajstić information content (AvgIpc) is 3.35. The number of carbonyl (C=O) groups excluding carboxylic acids is 1. The number of carbonyl (C=O) groups is 1. The number of fused-ring (bicyclic) bond motifs is 1. The molecule has 0 N–H and O–H groups in total. The van der Waals surface area contributed by atoms with Crippen molar-refractivity contribution < 1.29 is 9.21 Å². The molecule has 0 aliphatic heterocycles. The predicted octanol–water partition coefficient (Wildman–Crippen LogP) is 5.30. The minimum Gasteiger partial charge on any atom is -0.467 e. The molecule has 26 heavy (non-hydrogen) atoms. The Hall–Kier alpha value is -2.92. The number of aryl methyl sites for hydroxylation is 1. The van der Waals surface area contributed by atoms with Gasteiger partial charge in [-0.15, -0.1) is 0 Å². The van der Waals surface area contributed by atoms with E-state index in [1.165, 1.54) is 16.9 Å². The van der Waals surface area contributed by atoms with Crippen molar-refractivity contribution in [2.75, 3.05) is 4.90 Å². The molecule has 1 amide bonds. The van der Waals surface area contributed by atoms with Gasteiger partial charge in [0.2, 0.25) is 0 Å². The third-order valence-electron chi connectivity index (χ3n) is 4.26. The Balaban J connectivity index is 1.78. The molecule has 0 spiro atoms. The molecular formula is C21H18N2O2S. The number of furan rings is 1. The molecule has 2 heterocycles. The summed E-state index contributed by atoms with van der Waals surface area (Å²) >= 11 is 1.53. The van der Waals surface area contributed by atoms with Crippen LogP contribution in [0.25, 0.3) is 10.2 Å². The van der Waals surface area contributed by atoms with Gasteiger partial charge in [0.15, 0.2) is 5.13 Å². The second-order valence-corrected chi connectivity index (χ2v) is 6.96. The molecule has 2 aromatic carbocycles. The first-order valence-electron chi connectivity index (χ1n) is 8.54. The van der Waals surface area contributed by atoms with Crippen molar-refractivity contribution in [1.29, 1.82) is 0 Å². The van der Waals surface area contributed by atoms with Gasteiger partial charge in [0.25, 0.3) is 5.91 Å². The van der Waals surface area contributed by atoms with Crippen LogP contribution in [0, 0.1) is 0 Å². The second kappa shape index (κ2) is 7.14. The number of amides is 1. The minimum atomic E-state index is -0.0842. The minimum absolute atomic E-state index is 0.0842. The standard InChI is InChI=1S/C21H18N2O2S/c1-2-15-10-6-12-18-19(15)22-21(26-18)23(14-17-11-7-13-25-17)20(24)16-8-4-3-5-9-16/h3-13H,2,14H2,1H3. The highest BCUT2D eigenvalue weighted by atomic mass is 32.1. The van der Waals surface area contributed by atoms with Crippen molar-refractivity contribution in [3.05, 3.63) is 83.8 Å². The van der Waals surface area contributed by atoms with E-state index in [4.69, 9.17) is 9.40 Å². The summed E-state index contributed by atoms with van der Waals surface area (Å²) < 4.78 is 6.56. The van der Waals surface area contributed by atoms with Gasteiger partial charge in [-0.2, -0.15) is 0 Å². The Bertz CT molecular complexity index is 1020. The van der Waals surface area contributed by atoms with Crippen LogP contribution in [0.1, 0.15) is 28.6 Å². The Morgan fingerprint density at radius 1 is 1.08 bits per heavy atom. The molecular weight excluding hydrogens is 344 g/mol. The van der Waals surface area contributed by atoms with Crippen LogP contribution < -0.4 is 4.90 Å². The van der Waals surface area contributed by atoms with Gasteiger partial charge in [0.05, 0.1) is 23.0 Å². The summed E-state index contributed by atoms with van der Waals surface area (Å²) in [4.78, 5) is 19.6. The van der Waals surface area contributed by atoms with Crippen molar-refractivity contribution in [1.82, 2.24) is 4.98 Å². The number of rotatable bonds is 5. The second-order valence-electron chi connectivity index (χ2n) is 5.95. The lowest BCUT2D eigenvalue weighted by Gasteiger charge is -2.18. The van der Waals surface area contributed by atoms with Gasteiger partial charge in [0.1, 0.15) is 5.76 Å². The number of hydrogen-bond donors (Lipinski definition) is 0. The van der Waals surface area contributed by atoms with E-state index in [1.54, 1.807) is 11.2 Å². The summed E-state index contributed by atoms with van der Waals surface area (Å²) in [6.07, 6.45) is 2.53. The van der Waals surface area contributed by atoms with Crippen LogP contribution in [0.5, 0.6) is 0 Å². The maximum Gasteiger partial charge on any atom is 0.260 e. The highest BCUT2D eigenvalue weighted by molar-refractivity contribution is 7.22. The molecule has 130 valence electrons. The number of thiazole rings is 1. The summed E-state index contributed by atoms with van der Waals surface area (Å²) in [5.41, 5.74) is 2.80. The molecule has 0 atom stereocenters. The smallest absolute Gasteiger partial charge is 0.260 e. The lowest BCUT2D eigenvalue weighted by molar-refractivity contribution is 0.0983. The normalized spacial score (nSPS) is 11.0. The molecule has 0 saturated heterocycles. The molecule has 4 nitrogen and oxygen atoms in total. The number of hydrogen-bond acceptors (Lipinski definition) is 4. The third kappa shape index (κ3) is 3.13. The number of anilines is 1. The molecule has 0 fully saturated rings. The van der Waals surface area contributed by atoms with E-state index in [1.807, 2.05) is 54.6 Å². The first-order chi connectivity index (χ1) is 12.8. The van der Waals surface area contributed by atoms with Crippen LogP contribution in [0.3, 0.4) is 0 Å². The predicted molar refractivity (Wildman–Crippen MR) is 105 cm³/mol. The Morgan fingerprint density at radius 2 is 1.92 bits per heavy atom. The van der Waals surface area contributed by atoms with E-state index in [-0.39, 0.29) is 5.91 Å². The van der Waals surface area contributed by atoms with Crippen molar-refractivity contribution >= 4 is 32.6 Å². The highest BCUT2D eigenvalue weighted by Crippen LogP contribution is 2.32. The fraction of sp³-hybridized carbons (Fsp3) is 0.143. The Labute approximate surface area is 155 Å². The Morgan fingerprint density at radius 3 is 2.65 bits per heavy atom. The fourth-order valence-corrected chi connectivity index (χ4v) is 3.93. The van der Waals surface area contributed by atoms with E-state index in [9.17, 15) is 4.79 Å². The molecule has 0 aliphatic carbocycles. The van der Waals surface area contributed by atoms with E-state index < -0.39 is 0 Å². The summed E-state index contributed by atoms with van der Waals surface area (Å²) in [6, 6.07) is 19.2. The molecule has 5 heteroatoms. The Kier molecular flexibility index (Phi) is 4.54. The largest absolute Gasteiger partial charge is 0.467 e. The van der Waals surface area contributed by atoms with Crippen LogP contribution in [-0.2, 0) is 13.0 Å². The summed E-state index contributed by atoms with van der Waals surface area (Å²) in [6.45, 7) is 2.46. The van der Waals surface area contributed by atoms with Crippen molar-refractivity contribution in [3.8, 4) is 0 Å². The van der Waals surface area contributed by atoms with Crippen LogP contribution in [0.4, 0.5) is 5.13 Å². The van der Waals surface area contributed by atoms with E-state index >= 15 is 0 Å². The first kappa shape index (κ1) is 16.5. The quantitative estimate of drug-likeness (QED) is 0.484. The van der Waals surface area contributed by atoms with Gasteiger partial charge < -0.3 is 4.42 Å². The molecule has 4 rings (SSSR count). The summed E-state index contributed by atoms with van der Waals surface area (Å²) in [7, 11) is 0. The summed E-state index contributed by atoms with van der Waals surface area (Å²) in [5.74, 6) is 0.642. The first-order valence-corrected chi connectivity index (χ1v) is 9.35. The molecule has 0 radical (unpaired) electrons. The van der Waals surface area contributed by atoms with Crippen LogP contribution in [-0.4, -0.2) is 10.9 Å². The van der Waals surface area contributed by atoms with Crippen molar-refractivity contribution in [2.45, 2.75) is 19.9 Å². The topological polar surface area (TPSA) is 46.3 Å². The molecule has 0 saturated carbocycles. The average molecular weight is 362 g/mol. The van der Waals surface area contributed by atoms with E-state index in [0.717, 1.165) is 22.4 Å². The lowest BCUT2D eigenvalue weighted by atomic mass is 10.1. The number of para-hydroxylation sites is 1. The van der Waals surface area contributed by atoms with Gasteiger partial charge in [0, 0.05) is 5.56 Å². The summed E-state index contributed by atoms with van der Waals surface area (Å²) in [5, 5.41) is 0.686. The fourth-order valence-electron chi connectivity index (χ4n) is 2.92. The van der Waals surface area contributed by atoms with Crippen LogP contribution in [0.2, 0.25) is 0 Å². The van der Waals surface area contributed by atoms with Gasteiger partial charge in [-0.25, -0.2) is 4.98 Å². The molecule has 0 bridgehead atoms. The zero-order valence-corrected chi connectivity index (χ0v) is 15.2. The maximum absolute atomic E-state index is 13.2. The van der Waals surface area contributed by atoms with Crippen molar-refractivity contribution in [3.63, 3.8) is 0 Å². The molecule has 0 aliphatic rings. The van der Waals surface area contributed by atoms with Gasteiger partial charge in [-0.3, -0.25) is 9.69 Å². The van der Waals surface area contributed by atoms with E-state index in [0.29, 0.717) is 17.2 Å². The van der Waals surface area contributed by atoms with Crippen LogP contribution in [0.15, 0.2) is 71.3 Å². The van der Waals surface area contributed by atoms with Gasteiger partial charge in [-0.05, 0) is 42.3 Å². The number of aromatic nitrogens is 1. The van der Waals surface area contributed by atoms with Crippen molar-refractivity contribution in [2.24, 2.45) is 0 Å². The molecule has 2 aromatic heterocycles. The third-order valence-corrected chi connectivity index (χ3v) is 5.31. The zero-order chi connectivity index (χ0) is 17.9. The zero-order valence-electron chi connectivity index (χ0n) is 14.4. The number of nitrogens with zero attached hydrogens (tertiary/aromatic N) is 2. The number of benzene rings is 2. The SMILES string of the molecule is CCc1cccc2sc(N(Cc3ccco3)C(=O)c3ccccc3)nc12. The highest BCUT2D eigenvalue weighted by Gasteiger charge is 2.23. The maximum atomic E-state index is 13.2.